The molecule has 3 aromatic rings. The van der Waals surface area contributed by atoms with Crippen LogP contribution < -0.4 is 4.74 Å². The molecule has 0 radical (unpaired) electrons. The summed E-state index contributed by atoms with van der Waals surface area (Å²) >= 11 is 6.02. The molecule has 186 valence electrons. The first-order valence-electron chi connectivity index (χ1n) is 12.0. The summed E-state index contributed by atoms with van der Waals surface area (Å²) < 4.78 is 5.61. The van der Waals surface area contributed by atoms with Gasteiger partial charge in [0, 0.05) is 17.1 Å². The van der Waals surface area contributed by atoms with Crippen molar-refractivity contribution in [1.82, 2.24) is 4.90 Å². The lowest BCUT2D eigenvalue weighted by Crippen LogP contribution is -2.29. The third kappa shape index (κ3) is 5.17. The molecule has 3 aromatic carbocycles. The van der Waals surface area contributed by atoms with Gasteiger partial charge in [-0.3, -0.25) is 9.59 Å². The molecule has 1 amide bonds. The lowest BCUT2D eigenvalue weighted by molar-refractivity contribution is -0.140. The van der Waals surface area contributed by atoms with Gasteiger partial charge >= 0.3 is 0 Å². The number of hydrogen-bond donors (Lipinski definition) is 1. The van der Waals surface area contributed by atoms with Crippen molar-refractivity contribution in [2.24, 2.45) is 0 Å². The molecule has 5 nitrogen and oxygen atoms in total. The van der Waals surface area contributed by atoms with Gasteiger partial charge in [-0.05, 0) is 65.4 Å². The number of halogens is 1. The molecule has 1 heterocycles. The van der Waals surface area contributed by atoms with Crippen LogP contribution in [0.2, 0.25) is 5.02 Å². The monoisotopic (exact) mass is 503 g/mol. The number of benzene rings is 3. The van der Waals surface area contributed by atoms with E-state index in [-0.39, 0.29) is 23.3 Å². The van der Waals surface area contributed by atoms with Gasteiger partial charge in [-0.15, -0.1) is 0 Å². The molecule has 6 heteroatoms. The van der Waals surface area contributed by atoms with Crippen molar-refractivity contribution >= 4 is 29.1 Å². The van der Waals surface area contributed by atoms with Crippen LogP contribution in [0.25, 0.3) is 5.76 Å². The zero-order chi connectivity index (χ0) is 26.0. The van der Waals surface area contributed by atoms with Gasteiger partial charge in [-0.1, -0.05) is 68.8 Å². The highest BCUT2D eigenvalue weighted by Crippen LogP contribution is 2.41. The smallest absolute Gasteiger partial charge is 0.295 e. The number of nitrogens with zero attached hydrogens (tertiary/aromatic N) is 1. The molecule has 0 bridgehead atoms. The van der Waals surface area contributed by atoms with Gasteiger partial charge in [0.1, 0.15) is 11.5 Å². The highest BCUT2D eigenvalue weighted by molar-refractivity contribution is 6.46. The summed E-state index contributed by atoms with van der Waals surface area (Å²) in [6, 6.07) is 21.1. The minimum Gasteiger partial charge on any atom is -0.507 e. The molecule has 1 unspecified atom stereocenters. The topological polar surface area (TPSA) is 66.8 Å². The first-order chi connectivity index (χ1) is 17.1. The van der Waals surface area contributed by atoms with Crippen molar-refractivity contribution in [2.45, 2.75) is 45.7 Å². The third-order valence-corrected chi connectivity index (χ3v) is 6.56. The molecular weight excluding hydrogens is 474 g/mol. The zero-order valence-electron chi connectivity index (χ0n) is 20.9. The van der Waals surface area contributed by atoms with E-state index in [9.17, 15) is 14.7 Å². The fourth-order valence-corrected chi connectivity index (χ4v) is 4.54. The van der Waals surface area contributed by atoms with E-state index in [4.69, 9.17) is 16.3 Å². The van der Waals surface area contributed by atoms with Crippen molar-refractivity contribution in [3.05, 3.63) is 106 Å². The summed E-state index contributed by atoms with van der Waals surface area (Å²) in [6.45, 7) is 8.99. The Morgan fingerprint density at radius 2 is 1.67 bits per heavy atom. The first kappa shape index (κ1) is 25.5. The largest absolute Gasteiger partial charge is 0.507 e. The van der Waals surface area contributed by atoms with E-state index in [2.05, 4.69) is 20.8 Å². The van der Waals surface area contributed by atoms with Crippen molar-refractivity contribution in [2.75, 3.05) is 6.61 Å². The molecule has 1 N–H and O–H groups in total. The summed E-state index contributed by atoms with van der Waals surface area (Å²) in [5.74, 6) is -0.898. The van der Waals surface area contributed by atoms with Crippen LogP contribution >= 0.6 is 11.6 Å². The Balaban J connectivity index is 1.83. The second kappa shape index (κ2) is 10.2. The summed E-state index contributed by atoms with van der Waals surface area (Å²) in [7, 11) is 0. The van der Waals surface area contributed by atoms with Crippen molar-refractivity contribution < 1.29 is 19.4 Å². The second-order valence-corrected chi connectivity index (χ2v) is 10.3. The third-order valence-electron chi connectivity index (χ3n) is 6.31. The number of ether oxygens (including phenoxy) is 1. The Kier molecular flexibility index (Phi) is 7.23. The molecule has 0 saturated carbocycles. The van der Waals surface area contributed by atoms with Crippen LogP contribution in [-0.2, 0) is 21.5 Å². The van der Waals surface area contributed by atoms with E-state index in [0.29, 0.717) is 22.9 Å². The normalized spacial score (nSPS) is 17.5. The number of amides is 1. The molecule has 1 aliphatic heterocycles. The van der Waals surface area contributed by atoms with Gasteiger partial charge in [0.05, 0.1) is 18.2 Å². The van der Waals surface area contributed by atoms with Crippen LogP contribution in [0.15, 0.2) is 78.4 Å². The molecular formula is C30H30ClNO4. The van der Waals surface area contributed by atoms with Gasteiger partial charge < -0.3 is 14.7 Å². The van der Waals surface area contributed by atoms with E-state index in [1.165, 1.54) is 4.90 Å². The molecule has 0 aliphatic carbocycles. The Bertz CT molecular complexity index is 1300. The molecule has 1 aliphatic rings. The van der Waals surface area contributed by atoms with Gasteiger partial charge in [-0.25, -0.2) is 0 Å². The van der Waals surface area contributed by atoms with Crippen molar-refractivity contribution in [3.8, 4) is 5.75 Å². The number of aliphatic hydroxyl groups is 1. The number of hydrogen-bond acceptors (Lipinski definition) is 4. The van der Waals surface area contributed by atoms with Crippen LogP contribution in [0, 0.1) is 0 Å². The Hall–Kier alpha value is -3.57. The predicted molar refractivity (Wildman–Crippen MR) is 142 cm³/mol. The number of likely N-dealkylation sites (tertiary alicyclic amines) is 1. The van der Waals surface area contributed by atoms with E-state index in [0.717, 1.165) is 16.7 Å². The average Bonchev–Trinajstić information content (AvgIpc) is 3.09. The van der Waals surface area contributed by atoms with Crippen molar-refractivity contribution in [1.29, 1.82) is 0 Å². The lowest BCUT2D eigenvalue weighted by atomic mass is 9.85. The van der Waals surface area contributed by atoms with E-state index in [1.807, 2.05) is 55.5 Å². The summed E-state index contributed by atoms with van der Waals surface area (Å²) in [5, 5.41) is 11.7. The summed E-state index contributed by atoms with van der Waals surface area (Å²) in [5.41, 5.74) is 3.14. The number of carbonyl (C=O) groups excluding carboxylic acids is 2. The maximum absolute atomic E-state index is 13.3. The minimum absolute atomic E-state index is 0.0522. The highest BCUT2D eigenvalue weighted by Gasteiger charge is 2.46. The summed E-state index contributed by atoms with van der Waals surface area (Å²) in [6.07, 6.45) is 0. The maximum atomic E-state index is 13.3. The Morgan fingerprint density at radius 1 is 1.00 bits per heavy atom. The maximum Gasteiger partial charge on any atom is 0.295 e. The van der Waals surface area contributed by atoms with Crippen LogP contribution in [-0.4, -0.2) is 28.3 Å². The quantitative estimate of drug-likeness (QED) is 0.232. The lowest BCUT2D eigenvalue weighted by Gasteiger charge is -2.27. The minimum atomic E-state index is -0.745. The number of aliphatic hydroxyl groups excluding tert-OH is 1. The summed E-state index contributed by atoms with van der Waals surface area (Å²) in [4.78, 5) is 28.1. The van der Waals surface area contributed by atoms with E-state index in [1.54, 1.807) is 24.3 Å². The number of ketones is 1. The van der Waals surface area contributed by atoms with Gasteiger partial charge in [-0.2, -0.15) is 0 Å². The predicted octanol–water partition coefficient (Wildman–Crippen LogP) is 6.66. The standard InChI is InChI=1S/C30H30ClNO4/c1-5-36-24-8-6-7-19(17-24)18-32-26(20-9-13-22(14-10-20)30(2,3)4)25(28(34)29(32)35)27(33)21-11-15-23(31)16-12-21/h6-17,26,33H,5,18H2,1-4H3/b27-25-. The van der Waals surface area contributed by atoms with E-state index >= 15 is 0 Å². The number of carbonyl (C=O) groups is 2. The number of Topliss-reactive ketones (excluding diaryl/α,β-unsaturated/α-hetero) is 1. The Morgan fingerprint density at radius 3 is 2.28 bits per heavy atom. The van der Waals surface area contributed by atoms with Crippen LogP contribution in [0.4, 0.5) is 0 Å². The van der Waals surface area contributed by atoms with Gasteiger partial charge in [0.25, 0.3) is 11.7 Å². The fraction of sp³-hybridized carbons (Fsp3) is 0.267. The van der Waals surface area contributed by atoms with Gasteiger partial charge in [0.2, 0.25) is 0 Å². The molecule has 1 atom stereocenters. The molecule has 4 rings (SSSR count). The van der Waals surface area contributed by atoms with Crippen LogP contribution in [0.5, 0.6) is 5.75 Å². The molecule has 1 fully saturated rings. The molecule has 0 aromatic heterocycles. The molecule has 1 saturated heterocycles. The SMILES string of the molecule is CCOc1cccc(CN2C(=O)C(=O)/C(=C(\O)c3ccc(Cl)cc3)C2c2ccc(C(C)(C)C)cc2)c1. The fourth-order valence-electron chi connectivity index (χ4n) is 4.42. The van der Waals surface area contributed by atoms with E-state index < -0.39 is 17.7 Å². The van der Waals surface area contributed by atoms with Crippen LogP contribution in [0.3, 0.4) is 0 Å². The number of rotatable bonds is 6. The molecule has 36 heavy (non-hydrogen) atoms. The second-order valence-electron chi connectivity index (χ2n) is 9.89. The Labute approximate surface area is 217 Å². The zero-order valence-corrected chi connectivity index (χ0v) is 21.7. The average molecular weight is 504 g/mol. The molecule has 0 spiro atoms. The van der Waals surface area contributed by atoms with Gasteiger partial charge in [0.15, 0.2) is 0 Å². The first-order valence-corrected chi connectivity index (χ1v) is 12.3. The van der Waals surface area contributed by atoms with Crippen molar-refractivity contribution in [3.63, 3.8) is 0 Å². The van der Waals surface area contributed by atoms with Crippen LogP contribution in [0.1, 0.15) is 56.0 Å². The highest BCUT2D eigenvalue weighted by atomic mass is 35.5.